The number of aromatic amines is 1. The predicted molar refractivity (Wildman–Crippen MR) is 96.3 cm³/mol. The molecule has 1 aliphatic heterocycles. The molecule has 28 heavy (non-hydrogen) atoms. The first-order valence-corrected chi connectivity index (χ1v) is 9.81. The van der Waals surface area contributed by atoms with Crippen molar-refractivity contribution in [2.45, 2.75) is 43.3 Å². The van der Waals surface area contributed by atoms with Crippen molar-refractivity contribution in [2.75, 3.05) is 6.61 Å². The van der Waals surface area contributed by atoms with Crippen molar-refractivity contribution in [1.29, 1.82) is 0 Å². The zero-order chi connectivity index (χ0) is 20.6. The van der Waals surface area contributed by atoms with Gasteiger partial charge in [0, 0.05) is 11.8 Å². The Morgan fingerprint density at radius 3 is 2.43 bits per heavy atom. The van der Waals surface area contributed by atoms with E-state index >= 15 is 0 Å². The zero-order valence-corrected chi connectivity index (χ0v) is 15.9. The molecular weight excluding hydrogens is 392 g/mol. The molecule has 1 saturated heterocycles. The van der Waals surface area contributed by atoms with Crippen molar-refractivity contribution in [3.8, 4) is 0 Å². The fraction of sp³-hybridized carbons (Fsp3) is 0.412. The molecule has 0 spiro atoms. The van der Waals surface area contributed by atoms with Crippen molar-refractivity contribution in [1.82, 2.24) is 9.55 Å². The van der Waals surface area contributed by atoms with Crippen LogP contribution in [-0.2, 0) is 19.0 Å². The molecule has 1 aromatic carbocycles. The van der Waals surface area contributed by atoms with Crippen molar-refractivity contribution in [2.24, 2.45) is 0 Å². The van der Waals surface area contributed by atoms with E-state index in [-0.39, 0.29) is 10.5 Å². The second-order valence-electron chi connectivity index (χ2n) is 6.58. The topological polar surface area (TPSA) is 148 Å². The highest BCUT2D eigenvalue weighted by Crippen LogP contribution is 2.29. The number of aliphatic hydroxyl groups excluding tert-OH is 2. The number of nitrogens with zero attached hydrogens (tertiary/aromatic N) is 1. The van der Waals surface area contributed by atoms with E-state index in [1.807, 2.05) is 6.92 Å². The molecule has 1 fully saturated rings. The van der Waals surface area contributed by atoms with Gasteiger partial charge >= 0.3 is 5.69 Å². The second kappa shape index (κ2) is 7.60. The highest BCUT2D eigenvalue weighted by atomic mass is 32.2. The van der Waals surface area contributed by atoms with E-state index in [1.165, 1.54) is 25.3 Å². The van der Waals surface area contributed by atoms with Crippen molar-refractivity contribution in [3.05, 3.63) is 62.4 Å². The van der Waals surface area contributed by atoms with Gasteiger partial charge in [-0.1, -0.05) is 17.7 Å². The minimum absolute atomic E-state index is 0.0600. The van der Waals surface area contributed by atoms with E-state index in [0.717, 1.165) is 10.1 Å². The third kappa shape index (κ3) is 3.93. The largest absolute Gasteiger partial charge is 0.387 e. The number of nitrogens with one attached hydrogen (secondary N) is 1. The maximum absolute atomic E-state index is 12.3. The van der Waals surface area contributed by atoms with Gasteiger partial charge in [0.05, 0.1) is 11.5 Å². The molecule has 0 radical (unpaired) electrons. The third-order valence-electron chi connectivity index (χ3n) is 4.45. The minimum Gasteiger partial charge on any atom is -0.387 e. The van der Waals surface area contributed by atoms with Crippen LogP contribution < -0.4 is 11.2 Å². The summed E-state index contributed by atoms with van der Waals surface area (Å²) in [5, 5.41) is 20.4. The van der Waals surface area contributed by atoms with Gasteiger partial charge in [0.25, 0.3) is 15.7 Å². The van der Waals surface area contributed by atoms with E-state index in [2.05, 4.69) is 4.98 Å². The summed E-state index contributed by atoms with van der Waals surface area (Å²) in [6.45, 7) is 2.70. The van der Waals surface area contributed by atoms with Gasteiger partial charge in [-0.2, -0.15) is 8.42 Å². The number of hydrogen-bond acceptors (Lipinski definition) is 8. The van der Waals surface area contributed by atoms with Gasteiger partial charge < -0.3 is 14.9 Å². The molecule has 3 rings (SSSR count). The number of ether oxygens (including phenoxy) is 1. The fourth-order valence-corrected chi connectivity index (χ4v) is 3.72. The number of aliphatic hydroxyl groups is 2. The standard InChI is InChI=1S/C17H20N2O8S/c1-9-3-5-11(6-4-9)28(24,25)26-8-12-13(20)14(21)16(27-12)19-7-10(2)15(22)18-17(19)23/h3-7,12-14,16,20-21H,8H2,1-2H3,(H,18,22,23)/t12-,13?,14?,16-/m1/s1. The number of aromatic nitrogens is 2. The molecule has 4 atom stereocenters. The van der Waals surface area contributed by atoms with Gasteiger partial charge in [0.2, 0.25) is 0 Å². The first-order valence-electron chi connectivity index (χ1n) is 8.40. The highest BCUT2D eigenvalue weighted by Gasteiger charge is 2.45. The van der Waals surface area contributed by atoms with Crippen LogP contribution in [0.3, 0.4) is 0 Å². The molecule has 2 unspecified atom stereocenters. The lowest BCUT2D eigenvalue weighted by atomic mass is 10.1. The summed E-state index contributed by atoms with van der Waals surface area (Å²) < 4.78 is 35.8. The van der Waals surface area contributed by atoms with Crippen LogP contribution in [0, 0.1) is 13.8 Å². The highest BCUT2D eigenvalue weighted by molar-refractivity contribution is 7.86. The third-order valence-corrected chi connectivity index (χ3v) is 5.75. The lowest BCUT2D eigenvalue weighted by molar-refractivity contribution is -0.0510. The molecule has 0 bridgehead atoms. The van der Waals surface area contributed by atoms with Crippen LogP contribution >= 0.6 is 0 Å². The van der Waals surface area contributed by atoms with Gasteiger partial charge in [-0.15, -0.1) is 0 Å². The van der Waals surface area contributed by atoms with Crippen molar-refractivity contribution < 1.29 is 27.6 Å². The van der Waals surface area contributed by atoms with Gasteiger partial charge in [-0.25, -0.2) is 4.79 Å². The minimum atomic E-state index is -4.10. The number of hydrogen-bond donors (Lipinski definition) is 3. The van der Waals surface area contributed by atoms with E-state index in [9.17, 15) is 28.2 Å². The Labute approximate surface area is 160 Å². The number of aryl methyl sites for hydroxylation is 2. The van der Waals surface area contributed by atoms with Crippen LogP contribution in [-0.4, -0.2) is 53.1 Å². The molecule has 0 amide bonds. The molecule has 0 saturated carbocycles. The normalized spacial score (nSPS) is 25.1. The smallest absolute Gasteiger partial charge is 0.330 e. The molecule has 1 aliphatic rings. The summed E-state index contributed by atoms with van der Waals surface area (Å²) in [7, 11) is -4.10. The van der Waals surface area contributed by atoms with E-state index in [4.69, 9.17) is 8.92 Å². The number of benzene rings is 1. The Kier molecular flexibility index (Phi) is 5.55. The second-order valence-corrected chi connectivity index (χ2v) is 8.19. The van der Waals surface area contributed by atoms with Crippen molar-refractivity contribution >= 4 is 10.1 Å². The summed E-state index contributed by atoms with van der Waals surface area (Å²) in [5.74, 6) is 0. The summed E-state index contributed by atoms with van der Waals surface area (Å²) in [4.78, 5) is 25.5. The summed E-state index contributed by atoms with van der Waals surface area (Å²) in [6.07, 6.45) is -4.36. The molecule has 1 aromatic heterocycles. The fourth-order valence-electron chi connectivity index (χ4n) is 2.80. The Bertz CT molecular complexity index is 1070. The zero-order valence-electron chi connectivity index (χ0n) is 15.1. The Balaban J connectivity index is 1.76. The number of H-pyrrole nitrogens is 1. The molecule has 152 valence electrons. The SMILES string of the molecule is Cc1ccc(S(=O)(=O)OC[C@H]2O[C@@H](n3cc(C)c(=O)[nH]c3=O)C(O)C2O)cc1. The van der Waals surface area contributed by atoms with Crippen LogP contribution in [0.2, 0.25) is 0 Å². The van der Waals surface area contributed by atoms with E-state index < -0.39 is 52.5 Å². The maximum atomic E-state index is 12.3. The molecule has 11 heteroatoms. The average Bonchev–Trinajstić information content (AvgIpc) is 2.92. The van der Waals surface area contributed by atoms with Crippen LogP contribution in [0.25, 0.3) is 0 Å². The molecular formula is C17H20N2O8S. The molecule has 2 aromatic rings. The predicted octanol–water partition coefficient (Wildman–Crippen LogP) is -0.822. The molecule has 3 N–H and O–H groups in total. The maximum Gasteiger partial charge on any atom is 0.330 e. The Morgan fingerprint density at radius 1 is 1.14 bits per heavy atom. The van der Waals surface area contributed by atoms with Crippen LogP contribution in [0.1, 0.15) is 17.4 Å². The van der Waals surface area contributed by atoms with Gasteiger partial charge in [-0.05, 0) is 26.0 Å². The van der Waals surface area contributed by atoms with Gasteiger partial charge in [-0.3, -0.25) is 18.5 Å². The molecule has 0 aliphatic carbocycles. The van der Waals surface area contributed by atoms with E-state index in [0.29, 0.717) is 0 Å². The average molecular weight is 412 g/mol. The summed E-state index contributed by atoms with van der Waals surface area (Å²) in [5.41, 5.74) is -0.341. The number of rotatable bonds is 5. The monoisotopic (exact) mass is 412 g/mol. The quantitative estimate of drug-likeness (QED) is 0.540. The summed E-state index contributed by atoms with van der Waals surface area (Å²) in [6, 6.07) is 6.00. The first-order chi connectivity index (χ1) is 13.1. The Morgan fingerprint density at radius 2 is 1.79 bits per heavy atom. The van der Waals surface area contributed by atoms with Gasteiger partial charge in [0.1, 0.15) is 18.3 Å². The molecule has 10 nitrogen and oxygen atoms in total. The lowest BCUT2D eigenvalue weighted by Gasteiger charge is -2.17. The van der Waals surface area contributed by atoms with E-state index in [1.54, 1.807) is 12.1 Å². The first kappa shape index (κ1) is 20.4. The van der Waals surface area contributed by atoms with Crippen LogP contribution in [0.5, 0.6) is 0 Å². The lowest BCUT2D eigenvalue weighted by Crippen LogP contribution is -2.38. The summed E-state index contributed by atoms with van der Waals surface area (Å²) >= 11 is 0. The van der Waals surface area contributed by atoms with Gasteiger partial charge in [0.15, 0.2) is 6.23 Å². The van der Waals surface area contributed by atoms with Crippen LogP contribution in [0.15, 0.2) is 44.9 Å². The van der Waals surface area contributed by atoms with Crippen LogP contribution in [0.4, 0.5) is 0 Å². The Hall–Kier alpha value is -2.31. The van der Waals surface area contributed by atoms with Crippen molar-refractivity contribution in [3.63, 3.8) is 0 Å². The molecule has 2 heterocycles.